The summed E-state index contributed by atoms with van der Waals surface area (Å²) in [5, 5.41) is 0. The standard InChI is InChI=1S/C12H20N4/c1-15-4-2-9(8-15)12-14-7-11-6-10(13)3-5-16(11)12/h7,9-10H,2-6,8,13H2,1H3. The minimum absolute atomic E-state index is 0.336. The third-order valence-electron chi connectivity index (χ3n) is 3.92. The Morgan fingerprint density at radius 3 is 3.00 bits per heavy atom. The highest BCUT2D eigenvalue weighted by atomic mass is 15.2. The lowest BCUT2D eigenvalue weighted by molar-refractivity contribution is 0.402. The van der Waals surface area contributed by atoms with Gasteiger partial charge in [0.05, 0.1) is 0 Å². The van der Waals surface area contributed by atoms with Gasteiger partial charge in [0.2, 0.25) is 0 Å². The second-order valence-corrected chi connectivity index (χ2v) is 5.26. The summed E-state index contributed by atoms with van der Waals surface area (Å²) < 4.78 is 2.41. The van der Waals surface area contributed by atoms with Gasteiger partial charge in [0, 0.05) is 43.4 Å². The molecule has 1 fully saturated rings. The summed E-state index contributed by atoms with van der Waals surface area (Å²) >= 11 is 0. The molecule has 4 nitrogen and oxygen atoms in total. The Balaban J connectivity index is 1.86. The monoisotopic (exact) mass is 220 g/mol. The molecule has 3 heterocycles. The van der Waals surface area contributed by atoms with E-state index in [2.05, 4.69) is 21.5 Å². The van der Waals surface area contributed by atoms with E-state index in [1.165, 1.54) is 24.5 Å². The molecule has 2 aliphatic rings. The highest BCUT2D eigenvalue weighted by molar-refractivity contribution is 5.14. The summed E-state index contributed by atoms with van der Waals surface area (Å²) in [6, 6.07) is 0.336. The highest BCUT2D eigenvalue weighted by Gasteiger charge is 2.27. The van der Waals surface area contributed by atoms with Gasteiger partial charge in [-0.15, -0.1) is 0 Å². The fourth-order valence-corrected chi connectivity index (χ4v) is 2.99. The quantitative estimate of drug-likeness (QED) is 0.753. The second kappa shape index (κ2) is 3.86. The van der Waals surface area contributed by atoms with Crippen LogP contribution in [0.2, 0.25) is 0 Å². The molecule has 16 heavy (non-hydrogen) atoms. The molecule has 2 unspecified atom stereocenters. The maximum atomic E-state index is 5.99. The van der Waals surface area contributed by atoms with Crippen LogP contribution < -0.4 is 5.73 Å². The summed E-state index contributed by atoms with van der Waals surface area (Å²) in [7, 11) is 2.19. The van der Waals surface area contributed by atoms with Crippen LogP contribution in [-0.4, -0.2) is 40.6 Å². The molecule has 0 aliphatic carbocycles. The number of hydrogen-bond donors (Lipinski definition) is 1. The number of likely N-dealkylation sites (tertiary alicyclic amines) is 1. The van der Waals surface area contributed by atoms with Crippen LogP contribution in [0.5, 0.6) is 0 Å². The summed E-state index contributed by atoms with van der Waals surface area (Å²) in [5.41, 5.74) is 7.32. The van der Waals surface area contributed by atoms with Gasteiger partial charge < -0.3 is 15.2 Å². The molecule has 0 bridgehead atoms. The lowest BCUT2D eigenvalue weighted by Crippen LogP contribution is -2.31. The number of likely N-dealkylation sites (N-methyl/N-ethyl adjacent to an activating group) is 1. The highest BCUT2D eigenvalue weighted by Crippen LogP contribution is 2.28. The summed E-state index contributed by atoms with van der Waals surface area (Å²) in [5.74, 6) is 1.93. The Morgan fingerprint density at radius 2 is 2.25 bits per heavy atom. The molecule has 0 aromatic carbocycles. The Hall–Kier alpha value is -0.870. The van der Waals surface area contributed by atoms with Crippen molar-refractivity contribution >= 4 is 0 Å². The van der Waals surface area contributed by atoms with Crippen LogP contribution in [0.25, 0.3) is 0 Å². The van der Waals surface area contributed by atoms with Crippen molar-refractivity contribution in [1.82, 2.24) is 14.5 Å². The van der Waals surface area contributed by atoms with Gasteiger partial charge in [-0.1, -0.05) is 0 Å². The molecule has 1 aromatic heterocycles. The number of rotatable bonds is 1. The first-order valence-corrected chi connectivity index (χ1v) is 6.22. The number of aromatic nitrogens is 2. The molecule has 0 amide bonds. The van der Waals surface area contributed by atoms with Crippen LogP contribution in [0, 0.1) is 0 Å². The number of imidazole rings is 1. The van der Waals surface area contributed by atoms with E-state index < -0.39 is 0 Å². The van der Waals surface area contributed by atoms with Crippen molar-refractivity contribution in [2.75, 3.05) is 20.1 Å². The maximum absolute atomic E-state index is 5.99. The van der Waals surface area contributed by atoms with E-state index in [1.54, 1.807) is 0 Å². The van der Waals surface area contributed by atoms with Crippen molar-refractivity contribution < 1.29 is 0 Å². The van der Waals surface area contributed by atoms with Crippen molar-refractivity contribution in [3.63, 3.8) is 0 Å². The molecule has 1 saturated heterocycles. The molecule has 0 radical (unpaired) electrons. The summed E-state index contributed by atoms with van der Waals surface area (Å²) in [6.07, 6.45) is 5.38. The van der Waals surface area contributed by atoms with Gasteiger partial charge in [0.1, 0.15) is 5.82 Å². The molecule has 0 spiro atoms. The van der Waals surface area contributed by atoms with Gasteiger partial charge in [-0.25, -0.2) is 4.98 Å². The lowest BCUT2D eigenvalue weighted by Gasteiger charge is -2.23. The number of nitrogens with two attached hydrogens (primary N) is 1. The first kappa shape index (κ1) is 10.3. The Bertz CT molecular complexity index is 384. The van der Waals surface area contributed by atoms with E-state index in [4.69, 9.17) is 5.73 Å². The molecule has 2 atom stereocenters. The minimum Gasteiger partial charge on any atom is -0.332 e. The lowest BCUT2D eigenvalue weighted by atomic mass is 10.0. The predicted octanol–water partition coefficient (Wildman–Crippen LogP) is 0.576. The number of nitrogens with zero attached hydrogens (tertiary/aromatic N) is 3. The fourth-order valence-electron chi connectivity index (χ4n) is 2.99. The normalized spacial score (nSPS) is 30.6. The minimum atomic E-state index is 0.336. The largest absolute Gasteiger partial charge is 0.332 e. The zero-order valence-corrected chi connectivity index (χ0v) is 9.89. The molecule has 2 N–H and O–H groups in total. The first-order valence-electron chi connectivity index (χ1n) is 6.22. The van der Waals surface area contributed by atoms with Crippen molar-refractivity contribution in [1.29, 1.82) is 0 Å². The number of hydrogen-bond acceptors (Lipinski definition) is 3. The molecular formula is C12H20N4. The van der Waals surface area contributed by atoms with E-state index in [-0.39, 0.29) is 0 Å². The second-order valence-electron chi connectivity index (χ2n) is 5.26. The third-order valence-corrected chi connectivity index (χ3v) is 3.92. The average Bonchev–Trinajstić information content (AvgIpc) is 2.83. The molecule has 3 rings (SSSR count). The van der Waals surface area contributed by atoms with Gasteiger partial charge in [0.25, 0.3) is 0 Å². The van der Waals surface area contributed by atoms with Crippen molar-refractivity contribution in [3.8, 4) is 0 Å². The van der Waals surface area contributed by atoms with E-state index in [0.717, 1.165) is 25.9 Å². The first-order chi connectivity index (χ1) is 7.74. The van der Waals surface area contributed by atoms with Crippen LogP contribution >= 0.6 is 0 Å². The fraction of sp³-hybridized carbons (Fsp3) is 0.750. The average molecular weight is 220 g/mol. The summed E-state index contributed by atoms with van der Waals surface area (Å²) in [4.78, 5) is 7.02. The molecule has 1 aromatic rings. The molecule has 2 aliphatic heterocycles. The van der Waals surface area contributed by atoms with E-state index in [1.807, 2.05) is 6.20 Å². The molecular weight excluding hydrogens is 200 g/mol. The molecule has 0 saturated carbocycles. The van der Waals surface area contributed by atoms with E-state index in [9.17, 15) is 0 Å². The molecule has 88 valence electrons. The Kier molecular flexibility index (Phi) is 2.48. The Morgan fingerprint density at radius 1 is 1.38 bits per heavy atom. The van der Waals surface area contributed by atoms with Gasteiger partial charge in [-0.3, -0.25) is 0 Å². The Labute approximate surface area is 96.4 Å². The van der Waals surface area contributed by atoms with Crippen LogP contribution in [0.4, 0.5) is 0 Å². The smallest absolute Gasteiger partial charge is 0.113 e. The van der Waals surface area contributed by atoms with Gasteiger partial charge >= 0.3 is 0 Å². The van der Waals surface area contributed by atoms with Gasteiger partial charge in [-0.05, 0) is 26.4 Å². The van der Waals surface area contributed by atoms with Crippen molar-refractivity contribution in [2.24, 2.45) is 5.73 Å². The van der Waals surface area contributed by atoms with E-state index in [0.29, 0.717) is 12.0 Å². The van der Waals surface area contributed by atoms with Crippen LogP contribution in [0.1, 0.15) is 30.3 Å². The van der Waals surface area contributed by atoms with Crippen molar-refractivity contribution in [2.45, 2.75) is 37.8 Å². The van der Waals surface area contributed by atoms with Crippen molar-refractivity contribution in [3.05, 3.63) is 17.7 Å². The summed E-state index contributed by atoms with van der Waals surface area (Å²) in [6.45, 7) is 3.42. The van der Waals surface area contributed by atoms with Crippen LogP contribution in [0.15, 0.2) is 6.20 Å². The SMILES string of the molecule is CN1CCC(c2ncc3n2CCC(N)C3)C1. The topological polar surface area (TPSA) is 47.1 Å². The van der Waals surface area contributed by atoms with Crippen LogP contribution in [0.3, 0.4) is 0 Å². The zero-order valence-electron chi connectivity index (χ0n) is 9.89. The van der Waals surface area contributed by atoms with E-state index >= 15 is 0 Å². The van der Waals surface area contributed by atoms with Gasteiger partial charge in [0.15, 0.2) is 0 Å². The number of fused-ring (bicyclic) bond motifs is 1. The molecule has 4 heteroatoms. The maximum Gasteiger partial charge on any atom is 0.113 e. The van der Waals surface area contributed by atoms with Gasteiger partial charge in [-0.2, -0.15) is 0 Å². The third kappa shape index (κ3) is 1.66. The zero-order chi connectivity index (χ0) is 11.1. The predicted molar refractivity (Wildman–Crippen MR) is 63.4 cm³/mol. The van der Waals surface area contributed by atoms with Crippen LogP contribution in [-0.2, 0) is 13.0 Å².